The molecule has 0 radical (unpaired) electrons. The fourth-order valence-corrected chi connectivity index (χ4v) is 6.16. The number of unbranched alkanes of at least 4 members (excludes halogenated alkanes) is 4. The molecule has 2 N–H and O–H groups in total. The number of carbonyl (C=O) groups excluding carboxylic acids is 2. The van der Waals surface area contributed by atoms with Crippen molar-refractivity contribution in [2.45, 2.75) is 64.8 Å². The summed E-state index contributed by atoms with van der Waals surface area (Å²) in [5.74, 6) is 0.427. The van der Waals surface area contributed by atoms with Gasteiger partial charge in [-0.3, -0.25) is 9.59 Å². The van der Waals surface area contributed by atoms with Crippen LogP contribution >= 0.6 is 34.5 Å². The number of halogens is 2. The van der Waals surface area contributed by atoms with Crippen LogP contribution in [0.5, 0.6) is 5.75 Å². The molecule has 2 heterocycles. The summed E-state index contributed by atoms with van der Waals surface area (Å²) < 4.78 is 11.1. The number of hydrogen-bond acceptors (Lipinski definition) is 5. The summed E-state index contributed by atoms with van der Waals surface area (Å²) in [5, 5.41) is 6.91. The van der Waals surface area contributed by atoms with E-state index < -0.39 is 0 Å². The Bertz CT molecular complexity index is 1180. The number of thiophene rings is 1. The molecule has 0 bridgehead atoms. The summed E-state index contributed by atoms with van der Waals surface area (Å²) in [5.41, 5.74) is 1.83. The van der Waals surface area contributed by atoms with Crippen molar-refractivity contribution in [3.05, 3.63) is 67.9 Å². The van der Waals surface area contributed by atoms with Gasteiger partial charge in [-0.15, -0.1) is 11.3 Å². The lowest BCUT2D eigenvalue weighted by Crippen LogP contribution is -2.25. The summed E-state index contributed by atoms with van der Waals surface area (Å²) in [6.45, 7) is 2.97. The van der Waals surface area contributed by atoms with Gasteiger partial charge in [-0.1, -0.05) is 55.8 Å². The van der Waals surface area contributed by atoms with Crippen LogP contribution in [0.1, 0.15) is 82.4 Å². The molecule has 36 heavy (non-hydrogen) atoms. The minimum atomic E-state index is -0.384. The van der Waals surface area contributed by atoms with Gasteiger partial charge in [0.1, 0.15) is 10.8 Å². The molecule has 0 unspecified atom stereocenters. The number of benzene rings is 1. The summed E-state index contributed by atoms with van der Waals surface area (Å²) in [6, 6.07) is 6.67. The number of aryl methyl sites for hydroxylation is 1. The van der Waals surface area contributed by atoms with E-state index in [1.807, 2.05) is 0 Å². The van der Waals surface area contributed by atoms with Crippen molar-refractivity contribution in [2.75, 3.05) is 11.9 Å². The van der Waals surface area contributed by atoms with Crippen molar-refractivity contribution in [1.82, 2.24) is 5.32 Å². The van der Waals surface area contributed by atoms with Crippen LogP contribution in [0.2, 0.25) is 10.0 Å². The van der Waals surface area contributed by atoms with Crippen molar-refractivity contribution in [1.29, 1.82) is 0 Å². The van der Waals surface area contributed by atoms with Gasteiger partial charge in [0.2, 0.25) is 0 Å². The molecule has 1 aliphatic carbocycles. The zero-order valence-corrected chi connectivity index (χ0v) is 22.6. The van der Waals surface area contributed by atoms with Gasteiger partial charge >= 0.3 is 0 Å². The average molecular weight is 550 g/mol. The standard InChI is InChI=1S/C27H30Cl2N2O4S/c1-2-3-4-5-6-12-35-24-20(28)14-17(15-21(24)29)25(32)31-27-23(19-10-7-11-22(19)36-27)26(33)30-16-18-9-8-13-34-18/h8-9,13-15H,2-7,10-12,16H2,1H3,(H,30,33)(H,31,32). The predicted octanol–water partition coefficient (Wildman–Crippen LogP) is 7.67. The first-order valence-electron chi connectivity index (χ1n) is 12.4. The molecule has 0 saturated heterocycles. The number of carbonyl (C=O) groups is 2. The molecule has 1 aliphatic rings. The minimum Gasteiger partial charge on any atom is -0.490 e. The first-order valence-corrected chi connectivity index (χ1v) is 13.9. The maximum atomic E-state index is 13.1. The first-order chi connectivity index (χ1) is 17.5. The Morgan fingerprint density at radius 3 is 2.58 bits per heavy atom. The van der Waals surface area contributed by atoms with Crippen molar-refractivity contribution in [2.24, 2.45) is 0 Å². The maximum absolute atomic E-state index is 13.1. The van der Waals surface area contributed by atoms with Crippen LogP contribution < -0.4 is 15.4 Å². The van der Waals surface area contributed by atoms with E-state index in [1.54, 1.807) is 30.5 Å². The smallest absolute Gasteiger partial charge is 0.256 e. The number of furan rings is 1. The fourth-order valence-electron chi connectivity index (χ4n) is 4.29. The average Bonchev–Trinajstić information content (AvgIpc) is 3.59. The number of fused-ring (bicyclic) bond motifs is 1. The largest absolute Gasteiger partial charge is 0.490 e. The molecule has 2 amide bonds. The van der Waals surface area contributed by atoms with Crippen molar-refractivity contribution < 1.29 is 18.7 Å². The van der Waals surface area contributed by atoms with Crippen molar-refractivity contribution >= 4 is 51.4 Å². The van der Waals surface area contributed by atoms with E-state index >= 15 is 0 Å². The van der Waals surface area contributed by atoms with Gasteiger partial charge in [-0.25, -0.2) is 0 Å². The second-order valence-corrected chi connectivity index (χ2v) is 10.7. The molecule has 1 aromatic carbocycles. The van der Waals surface area contributed by atoms with Gasteiger partial charge in [-0.2, -0.15) is 0 Å². The Morgan fingerprint density at radius 2 is 1.86 bits per heavy atom. The molecule has 6 nitrogen and oxygen atoms in total. The number of anilines is 1. The zero-order chi connectivity index (χ0) is 25.5. The molecular formula is C27H30Cl2N2O4S. The Morgan fingerprint density at radius 1 is 1.08 bits per heavy atom. The summed E-state index contributed by atoms with van der Waals surface area (Å²) >= 11 is 14.3. The normalized spacial score (nSPS) is 12.4. The minimum absolute atomic E-state index is 0.236. The molecule has 4 rings (SSSR count). The van der Waals surface area contributed by atoms with Crippen LogP contribution in [-0.4, -0.2) is 18.4 Å². The molecule has 9 heteroatoms. The van der Waals surface area contributed by atoms with Gasteiger partial charge in [-0.05, 0) is 55.5 Å². The highest BCUT2D eigenvalue weighted by Gasteiger charge is 2.28. The van der Waals surface area contributed by atoms with Crippen LogP contribution in [0.25, 0.3) is 0 Å². The lowest BCUT2D eigenvalue weighted by atomic mass is 10.1. The number of rotatable bonds is 12. The highest BCUT2D eigenvalue weighted by molar-refractivity contribution is 7.17. The summed E-state index contributed by atoms with van der Waals surface area (Å²) in [7, 11) is 0. The quantitative estimate of drug-likeness (QED) is 0.227. The molecule has 192 valence electrons. The predicted molar refractivity (Wildman–Crippen MR) is 145 cm³/mol. The SMILES string of the molecule is CCCCCCCOc1c(Cl)cc(C(=O)Nc2sc3c(c2C(=O)NCc2ccco2)CCC3)cc1Cl. The molecule has 2 aromatic heterocycles. The van der Waals surface area contributed by atoms with Crippen molar-refractivity contribution in [3.8, 4) is 5.75 Å². The highest BCUT2D eigenvalue weighted by Crippen LogP contribution is 2.40. The zero-order valence-electron chi connectivity index (χ0n) is 20.3. The topological polar surface area (TPSA) is 80.6 Å². The molecule has 0 saturated carbocycles. The fraction of sp³-hybridized carbons (Fsp3) is 0.407. The van der Waals surface area contributed by atoms with E-state index in [9.17, 15) is 9.59 Å². The van der Waals surface area contributed by atoms with Crippen molar-refractivity contribution in [3.63, 3.8) is 0 Å². The lowest BCUT2D eigenvalue weighted by molar-refractivity contribution is 0.0948. The summed E-state index contributed by atoms with van der Waals surface area (Å²) in [6.07, 6.45) is 9.86. The van der Waals surface area contributed by atoms with Gasteiger partial charge in [0, 0.05) is 10.4 Å². The van der Waals surface area contributed by atoms with Crippen LogP contribution in [0.3, 0.4) is 0 Å². The maximum Gasteiger partial charge on any atom is 0.256 e. The second kappa shape index (κ2) is 12.7. The Balaban J connectivity index is 1.44. The van der Waals surface area contributed by atoms with E-state index in [4.69, 9.17) is 32.4 Å². The molecule has 0 fully saturated rings. The van der Waals surface area contributed by atoms with E-state index in [1.165, 1.54) is 30.6 Å². The van der Waals surface area contributed by atoms with Crippen LogP contribution in [-0.2, 0) is 19.4 Å². The van der Waals surface area contributed by atoms with Crippen LogP contribution in [0, 0.1) is 0 Å². The third kappa shape index (κ3) is 6.44. The van der Waals surface area contributed by atoms with Gasteiger partial charge in [0.05, 0.1) is 35.0 Å². The van der Waals surface area contributed by atoms with Crippen LogP contribution in [0.4, 0.5) is 5.00 Å². The monoisotopic (exact) mass is 548 g/mol. The number of nitrogens with one attached hydrogen (secondary N) is 2. The van der Waals surface area contributed by atoms with Gasteiger partial charge in [0.25, 0.3) is 11.8 Å². The van der Waals surface area contributed by atoms with Crippen LogP contribution in [0.15, 0.2) is 34.9 Å². The molecule has 3 aromatic rings. The van der Waals surface area contributed by atoms with E-state index in [0.29, 0.717) is 34.2 Å². The molecule has 0 spiro atoms. The summed E-state index contributed by atoms with van der Waals surface area (Å²) in [4.78, 5) is 27.3. The number of hydrogen-bond donors (Lipinski definition) is 2. The Labute approximate surface area is 225 Å². The molecular weight excluding hydrogens is 519 g/mol. The molecule has 0 atom stereocenters. The highest BCUT2D eigenvalue weighted by atomic mass is 35.5. The van der Waals surface area contributed by atoms with E-state index in [0.717, 1.165) is 42.5 Å². The number of amides is 2. The first kappa shape index (κ1) is 26.6. The van der Waals surface area contributed by atoms with E-state index in [-0.39, 0.29) is 28.4 Å². The third-order valence-electron chi connectivity index (χ3n) is 6.13. The van der Waals surface area contributed by atoms with Gasteiger partial charge in [0.15, 0.2) is 5.75 Å². The second-order valence-electron chi connectivity index (χ2n) is 8.81. The molecule has 0 aliphatic heterocycles. The Hall–Kier alpha value is -2.48. The third-order valence-corrected chi connectivity index (χ3v) is 7.90. The lowest BCUT2D eigenvalue weighted by Gasteiger charge is -2.13. The number of ether oxygens (including phenoxy) is 1. The Kier molecular flexibility index (Phi) is 9.35. The van der Waals surface area contributed by atoms with E-state index in [2.05, 4.69) is 17.6 Å². The van der Waals surface area contributed by atoms with Gasteiger partial charge < -0.3 is 19.8 Å².